The summed E-state index contributed by atoms with van der Waals surface area (Å²) in [5, 5.41) is 13.2. The standard InChI is InChI=1S/C12H16BrNO2.ClH/c1-16-11-7-8(6-9(13)12(11)15)10-4-2-3-5-14-10;/h6-7,10,14-15H,2-5H2,1H3;1H/t10-;/m0./s1. The van der Waals surface area contributed by atoms with Crippen LogP contribution >= 0.6 is 28.3 Å². The van der Waals surface area contributed by atoms with E-state index in [1.807, 2.05) is 12.1 Å². The van der Waals surface area contributed by atoms with Crippen molar-refractivity contribution in [1.29, 1.82) is 0 Å². The molecule has 1 heterocycles. The van der Waals surface area contributed by atoms with E-state index >= 15 is 0 Å². The van der Waals surface area contributed by atoms with Gasteiger partial charge in [0.2, 0.25) is 0 Å². The van der Waals surface area contributed by atoms with E-state index in [4.69, 9.17) is 4.74 Å². The number of aromatic hydroxyl groups is 1. The Morgan fingerprint density at radius 3 is 2.76 bits per heavy atom. The maximum Gasteiger partial charge on any atom is 0.172 e. The molecule has 0 radical (unpaired) electrons. The fraction of sp³-hybridized carbons (Fsp3) is 0.500. The van der Waals surface area contributed by atoms with Crippen LogP contribution in [-0.4, -0.2) is 18.8 Å². The molecule has 1 aromatic rings. The zero-order chi connectivity index (χ0) is 11.5. The SMILES string of the molecule is COc1cc([C@@H]2CCCCN2)cc(Br)c1O.Cl. The smallest absolute Gasteiger partial charge is 0.172 e. The van der Waals surface area contributed by atoms with Crippen molar-refractivity contribution in [2.45, 2.75) is 25.3 Å². The van der Waals surface area contributed by atoms with E-state index in [0.717, 1.165) is 13.0 Å². The maximum atomic E-state index is 9.73. The van der Waals surface area contributed by atoms with E-state index in [1.54, 1.807) is 7.11 Å². The molecule has 5 heteroatoms. The number of methoxy groups -OCH3 is 1. The molecule has 1 aliphatic heterocycles. The third-order valence-electron chi connectivity index (χ3n) is 2.98. The minimum atomic E-state index is 0. The Morgan fingerprint density at radius 2 is 2.18 bits per heavy atom. The summed E-state index contributed by atoms with van der Waals surface area (Å²) < 4.78 is 5.84. The third kappa shape index (κ3) is 3.27. The van der Waals surface area contributed by atoms with E-state index in [1.165, 1.54) is 18.4 Å². The first-order chi connectivity index (χ1) is 7.72. The largest absolute Gasteiger partial charge is 0.503 e. The van der Waals surface area contributed by atoms with Crippen molar-refractivity contribution in [3.63, 3.8) is 0 Å². The number of nitrogens with one attached hydrogen (secondary N) is 1. The van der Waals surface area contributed by atoms with Crippen molar-refractivity contribution in [2.24, 2.45) is 0 Å². The minimum absolute atomic E-state index is 0. The molecule has 96 valence electrons. The average Bonchev–Trinajstić information content (AvgIpc) is 2.33. The number of halogens is 2. The Kier molecular flexibility index (Phi) is 5.56. The van der Waals surface area contributed by atoms with Gasteiger partial charge >= 0.3 is 0 Å². The Balaban J connectivity index is 0.00000144. The molecule has 0 bridgehead atoms. The van der Waals surface area contributed by atoms with E-state index in [2.05, 4.69) is 21.2 Å². The van der Waals surface area contributed by atoms with Crippen molar-refractivity contribution in [2.75, 3.05) is 13.7 Å². The average molecular weight is 323 g/mol. The van der Waals surface area contributed by atoms with E-state index in [9.17, 15) is 5.11 Å². The first kappa shape index (κ1) is 14.6. The molecule has 17 heavy (non-hydrogen) atoms. The number of benzene rings is 1. The topological polar surface area (TPSA) is 41.5 Å². The van der Waals surface area contributed by atoms with Crippen LogP contribution in [0.1, 0.15) is 30.9 Å². The predicted octanol–water partition coefficient (Wildman–Crippen LogP) is 3.40. The zero-order valence-electron chi connectivity index (χ0n) is 9.70. The predicted molar refractivity (Wildman–Crippen MR) is 74.2 cm³/mol. The molecule has 2 N–H and O–H groups in total. The summed E-state index contributed by atoms with van der Waals surface area (Å²) in [7, 11) is 1.57. The molecule has 1 fully saturated rings. The van der Waals surface area contributed by atoms with Gasteiger partial charge in [0.15, 0.2) is 11.5 Å². The Morgan fingerprint density at radius 1 is 1.41 bits per heavy atom. The monoisotopic (exact) mass is 321 g/mol. The number of hydrogen-bond acceptors (Lipinski definition) is 3. The van der Waals surface area contributed by atoms with Gasteiger partial charge in [0.25, 0.3) is 0 Å². The van der Waals surface area contributed by atoms with Gasteiger partial charge in [-0.3, -0.25) is 0 Å². The number of hydrogen-bond donors (Lipinski definition) is 2. The van der Waals surface area contributed by atoms with Crippen LogP contribution in [0.3, 0.4) is 0 Å². The molecule has 1 aromatic carbocycles. The maximum absolute atomic E-state index is 9.73. The van der Waals surface area contributed by atoms with Crippen LogP contribution in [0.5, 0.6) is 11.5 Å². The molecule has 1 saturated heterocycles. The normalized spacial score (nSPS) is 19.5. The minimum Gasteiger partial charge on any atom is -0.503 e. The fourth-order valence-electron chi connectivity index (χ4n) is 2.09. The van der Waals surface area contributed by atoms with Gasteiger partial charge in [0, 0.05) is 6.04 Å². The van der Waals surface area contributed by atoms with E-state index < -0.39 is 0 Å². The number of phenols is 1. The highest BCUT2D eigenvalue weighted by Gasteiger charge is 2.18. The molecule has 3 nitrogen and oxygen atoms in total. The quantitative estimate of drug-likeness (QED) is 0.877. The molecule has 2 rings (SSSR count). The van der Waals surface area contributed by atoms with Crippen molar-refractivity contribution >= 4 is 28.3 Å². The van der Waals surface area contributed by atoms with Crippen molar-refractivity contribution < 1.29 is 9.84 Å². The lowest BCUT2D eigenvalue weighted by molar-refractivity contribution is 0.367. The van der Waals surface area contributed by atoms with Crippen molar-refractivity contribution in [3.8, 4) is 11.5 Å². The molecule has 0 spiro atoms. The summed E-state index contributed by atoms with van der Waals surface area (Å²) in [6.45, 7) is 1.06. The van der Waals surface area contributed by atoms with Crippen LogP contribution in [0, 0.1) is 0 Å². The molecule has 0 unspecified atom stereocenters. The van der Waals surface area contributed by atoms with Crippen LogP contribution in [0.25, 0.3) is 0 Å². The summed E-state index contributed by atoms with van der Waals surface area (Å²) in [4.78, 5) is 0. The molecule has 0 aliphatic carbocycles. The van der Waals surface area contributed by atoms with Gasteiger partial charge in [-0.15, -0.1) is 12.4 Å². The number of piperidine rings is 1. The Bertz CT molecular complexity index is 381. The summed E-state index contributed by atoms with van der Waals surface area (Å²) in [5.41, 5.74) is 1.17. The molecule has 1 aliphatic rings. The summed E-state index contributed by atoms with van der Waals surface area (Å²) >= 11 is 3.35. The first-order valence-corrected chi connectivity index (χ1v) is 6.31. The molecular formula is C12H17BrClNO2. The highest BCUT2D eigenvalue weighted by molar-refractivity contribution is 9.10. The van der Waals surface area contributed by atoms with E-state index in [-0.39, 0.29) is 18.2 Å². The van der Waals surface area contributed by atoms with Crippen molar-refractivity contribution in [1.82, 2.24) is 5.32 Å². The van der Waals surface area contributed by atoms with Crippen LogP contribution in [0.2, 0.25) is 0 Å². The van der Waals surface area contributed by atoms with Crippen LogP contribution in [0.15, 0.2) is 16.6 Å². The zero-order valence-corrected chi connectivity index (χ0v) is 12.1. The number of phenolic OH excluding ortho intramolecular Hbond substituents is 1. The summed E-state index contributed by atoms with van der Waals surface area (Å²) in [5.74, 6) is 0.693. The second-order valence-electron chi connectivity index (χ2n) is 4.06. The molecule has 0 amide bonds. The van der Waals surface area contributed by atoms with Gasteiger partial charge < -0.3 is 15.2 Å². The van der Waals surface area contributed by atoms with Gasteiger partial charge in [-0.25, -0.2) is 0 Å². The van der Waals surface area contributed by atoms with Crippen LogP contribution in [0.4, 0.5) is 0 Å². The highest BCUT2D eigenvalue weighted by atomic mass is 79.9. The van der Waals surface area contributed by atoms with E-state index in [0.29, 0.717) is 16.3 Å². The van der Waals surface area contributed by atoms with Gasteiger partial charge in [0.05, 0.1) is 11.6 Å². The second kappa shape index (κ2) is 6.47. The lowest BCUT2D eigenvalue weighted by atomic mass is 9.97. The first-order valence-electron chi connectivity index (χ1n) is 5.52. The molecule has 0 saturated carbocycles. The fourth-order valence-corrected chi connectivity index (χ4v) is 2.55. The lowest BCUT2D eigenvalue weighted by Gasteiger charge is -2.24. The van der Waals surface area contributed by atoms with Gasteiger partial charge in [-0.1, -0.05) is 6.42 Å². The summed E-state index contributed by atoms with van der Waals surface area (Å²) in [6, 6.07) is 4.24. The third-order valence-corrected chi connectivity index (χ3v) is 3.59. The number of ether oxygens (including phenoxy) is 1. The van der Waals surface area contributed by atoms with Gasteiger partial charge in [0.1, 0.15) is 0 Å². The second-order valence-corrected chi connectivity index (χ2v) is 4.91. The van der Waals surface area contributed by atoms with Crippen LogP contribution < -0.4 is 10.1 Å². The van der Waals surface area contributed by atoms with Gasteiger partial charge in [-0.05, 0) is 53.0 Å². The number of rotatable bonds is 2. The van der Waals surface area contributed by atoms with Crippen LogP contribution in [-0.2, 0) is 0 Å². The summed E-state index contributed by atoms with van der Waals surface area (Å²) in [6.07, 6.45) is 3.63. The lowest BCUT2D eigenvalue weighted by Crippen LogP contribution is -2.26. The molecule has 0 aromatic heterocycles. The highest BCUT2D eigenvalue weighted by Crippen LogP contribution is 2.38. The molecular weight excluding hydrogens is 305 g/mol. The Hall–Kier alpha value is -0.450. The van der Waals surface area contributed by atoms with Gasteiger partial charge in [-0.2, -0.15) is 0 Å². The Labute approximate surface area is 116 Å². The molecule has 1 atom stereocenters. The van der Waals surface area contributed by atoms with Crippen molar-refractivity contribution in [3.05, 3.63) is 22.2 Å².